The molecule has 1 saturated heterocycles. The summed E-state index contributed by atoms with van der Waals surface area (Å²) >= 11 is 0. The minimum Gasteiger partial charge on any atom is -0.353 e. The van der Waals surface area contributed by atoms with Crippen LogP contribution in [0.3, 0.4) is 0 Å². The summed E-state index contributed by atoms with van der Waals surface area (Å²) in [6, 6.07) is 9.66. The van der Waals surface area contributed by atoms with E-state index in [1.807, 2.05) is 60.0 Å². The van der Waals surface area contributed by atoms with Crippen LogP contribution >= 0.6 is 0 Å². The second kappa shape index (κ2) is 8.84. The van der Waals surface area contributed by atoms with Crippen LogP contribution < -0.4 is 5.32 Å². The maximum Gasteiger partial charge on any atom is 0.253 e. The number of hydrogen-bond acceptors (Lipinski definition) is 3. The van der Waals surface area contributed by atoms with Crippen LogP contribution in [-0.2, 0) is 11.3 Å². The number of aryl methyl sites for hydroxylation is 2. The standard InChI is InChI=1S/C21H28N4O2/c1-16-4-6-19(7-5-16)21(27)24-13-9-18(10-14-24)20(26)23-17(2)8-15-25-12-3-11-22-25/h3-7,11-12,17-18H,8-10,13-15H2,1-2H3,(H,23,26). The normalized spacial score (nSPS) is 16.1. The van der Waals surface area contributed by atoms with E-state index < -0.39 is 0 Å². The number of amides is 2. The van der Waals surface area contributed by atoms with Crippen LogP contribution in [0.2, 0.25) is 0 Å². The third-order valence-corrected chi connectivity index (χ3v) is 5.19. The number of nitrogens with zero attached hydrogens (tertiary/aromatic N) is 3. The first kappa shape index (κ1) is 19.1. The molecule has 1 aliphatic rings. The molecule has 1 fully saturated rings. The number of rotatable bonds is 6. The highest BCUT2D eigenvalue weighted by atomic mass is 16.2. The number of hydrogen-bond donors (Lipinski definition) is 1. The van der Waals surface area contributed by atoms with Crippen molar-refractivity contribution in [2.24, 2.45) is 5.92 Å². The summed E-state index contributed by atoms with van der Waals surface area (Å²) in [5.41, 5.74) is 1.86. The fourth-order valence-corrected chi connectivity index (χ4v) is 3.41. The topological polar surface area (TPSA) is 67.2 Å². The minimum absolute atomic E-state index is 0.0146. The monoisotopic (exact) mass is 368 g/mol. The first-order valence-electron chi connectivity index (χ1n) is 9.66. The van der Waals surface area contributed by atoms with Crippen molar-refractivity contribution >= 4 is 11.8 Å². The Hall–Kier alpha value is -2.63. The number of nitrogens with one attached hydrogen (secondary N) is 1. The van der Waals surface area contributed by atoms with Crippen molar-refractivity contribution in [1.82, 2.24) is 20.0 Å². The van der Waals surface area contributed by atoms with Gasteiger partial charge in [0.05, 0.1) is 0 Å². The molecule has 6 nitrogen and oxygen atoms in total. The summed E-state index contributed by atoms with van der Waals surface area (Å²) in [4.78, 5) is 27.0. The van der Waals surface area contributed by atoms with Gasteiger partial charge in [-0.3, -0.25) is 14.3 Å². The molecule has 0 aliphatic carbocycles. The zero-order valence-corrected chi connectivity index (χ0v) is 16.1. The number of piperidine rings is 1. The quantitative estimate of drug-likeness (QED) is 0.852. The lowest BCUT2D eigenvalue weighted by Crippen LogP contribution is -2.45. The van der Waals surface area contributed by atoms with Gasteiger partial charge >= 0.3 is 0 Å². The molecule has 1 aromatic carbocycles. The fourth-order valence-electron chi connectivity index (χ4n) is 3.41. The zero-order valence-electron chi connectivity index (χ0n) is 16.1. The van der Waals surface area contributed by atoms with Crippen LogP contribution in [0.1, 0.15) is 42.1 Å². The first-order valence-corrected chi connectivity index (χ1v) is 9.66. The first-order chi connectivity index (χ1) is 13.0. The van der Waals surface area contributed by atoms with E-state index in [9.17, 15) is 9.59 Å². The Bertz CT molecular complexity index is 747. The van der Waals surface area contributed by atoms with E-state index >= 15 is 0 Å². The molecule has 3 rings (SSSR count). The van der Waals surface area contributed by atoms with Crippen molar-refractivity contribution in [2.45, 2.75) is 45.7 Å². The molecule has 2 amide bonds. The van der Waals surface area contributed by atoms with Crippen LogP contribution in [0.15, 0.2) is 42.7 Å². The molecule has 0 bridgehead atoms. The summed E-state index contributed by atoms with van der Waals surface area (Å²) in [6.07, 6.45) is 5.97. The van der Waals surface area contributed by atoms with Gasteiger partial charge in [-0.2, -0.15) is 5.10 Å². The highest BCUT2D eigenvalue weighted by molar-refractivity contribution is 5.94. The van der Waals surface area contributed by atoms with Gasteiger partial charge in [-0.1, -0.05) is 17.7 Å². The van der Waals surface area contributed by atoms with E-state index in [-0.39, 0.29) is 23.8 Å². The Labute approximate surface area is 160 Å². The summed E-state index contributed by atoms with van der Waals surface area (Å²) in [5.74, 6) is 0.145. The summed E-state index contributed by atoms with van der Waals surface area (Å²) in [6.45, 7) is 6.09. The third-order valence-electron chi connectivity index (χ3n) is 5.19. The highest BCUT2D eigenvalue weighted by Crippen LogP contribution is 2.20. The van der Waals surface area contributed by atoms with E-state index in [0.717, 1.165) is 36.9 Å². The van der Waals surface area contributed by atoms with Crippen LogP contribution in [0, 0.1) is 12.8 Å². The second-order valence-electron chi connectivity index (χ2n) is 7.40. The van der Waals surface area contributed by atoms with Crippen LogP contribution in [0.5, 0.6) is 0 Å². The van der Waals surface area contributed by atoms with Gasteiger partial charge in [-0.25, -0.2) is 0 Å². The molecular weight excluding hydrogens is 340 g/mol. The van der Waals surface area contributed by atoms with Gasteiger partial charge in [-0.05, 0) is 51.3 Å². The molecule has 2 heterocycles. The van der Waals surface area contributed by atoms with Crippen molar-refractivity contribution in [3.05, 3.63) is 53.9 Å². The van der Waals surface area contributed by atoms with Gasteiger partial charge in [0.15, 0.2) is 0 Å². The zero-order chi connectivity index (χ0) is 19.2. The lowest BCUT2D eigenvalue weighted by Gasteiger charge is -2.32. The van der Waals surface area contributed by atoms with Gasteiger partial charge in [0, 0.05) is 49.6 Å². The molecule has 1 unspecified atom stereocenters. The maximum absolute atomic E-state index is 12.6. The molecule has 0 spiro atoms. The van der Waals surface area contributed by atoms with E-state index in [0.29, 0.717) is 13.1 Å². The predicted molar refractivity (Wildman–Crippen MR) is 104 cm³/mol. The molecule has 6 heteroatoms. The van der Waals surface area contributed by atoms with E-state index in [4.69, 9.17) is 0 Å². The molecule has 0 radical (unpaired) electrons. The summed E-state index contributed by atoms with van der Waals surface area (Å²) in [5, 5.41) is 7.29. The van der Waals surface area contributed by atoms with Crippen molar-refractivity contribution in [2.75, 3.05) is 13.1 Å². The fraction of sp³-hybridized carbons (Fsp3) is 0.476. The molecular formula is C21H28N4O2. The maximum atomic E-state index is 12.6. The van der Waals surface area contributed by atoms with Gasteiger partial charge in [0.2, 0.25) is 5.91 Å². The van der Waals surface area contributed by atoms with Crippen molar-refractivity contribution in [3.8, 4) is 0 Å². The Morgan fingerprint density at radius 1 is 1.22 bits per heavy atom. The number of benzene rings is 1. The number of aromatic nitrogens is 2. The van der Waals surface area contributed by atoms with E-state index in [2.05, 4.69) is 10.4 Å². The van der Waals surface area contributed by atoms with Crippen molar-refractivity contribution < 1.29 is 9.59 Å². The van der Waals surface area contributed by atoms with Crippen LogP contribution in [-0.4, -0.2) is 45.6 Å². The van der Waals surface area contributed by atoms with E-state index in [1.54, 1.807) is 6.20 Å². The molecule has 2 aromatic rings. The molecule has 1 aromatic heterocycles. The lowest BCUT2D eigenvalue weighted by molar-refractivity contribution is -0.127. The minimum atomic E-state index is -0.0146. The highest BCUT2D eigenvalue weighted by Gasteiger charge is 2.28. The third kappa shape index (κ3) is 5.18. The number of likely N-dealkylation sites (tertiary alicyclic amines) is 1. The van der Waals surface area contributed by atoms with Gasteiger partial charge < -0.3 is 10.2 Å². The van der Waals surface area contributed by atoms with Crippen molar-refractivity contribution in [3.63, 3.8) is 0 Å². The molecule has 144 valence electrons. The lowest BCUT2D eigenvalue weighted by atomic mass is 9.95. The van der Waals surface area contributed by atoms with Crippen LogP contribution in [0.25, 0.3) is 0 Å². The summed E-state index contributed by atoms with van der Waals surface area (Å²) < 4.78 is 1.87. The van der Waals surface area contributed by atoms with Gasteiger partial charge in [0.25, 0.3) is 5.91 Å². The SMILES string of the molecule is Cc1ccc(C(=O)N2CCC(C(=O)NC(C)CCn3cccn3)CC2)cc1. The van der Waals surface area contributed by atoms with Crippen molar-refractivity contribution in [1.29, 1.82) is 0 Å². The molecule has 1 atom stereocenters. The Kier molecular flexibility index (Phi) is 6.27. The molecule has 1 aliphatic heterocycles. The Balaban J connectivity index is 1.43. The molecule has 0 saturated carbocycles. The smallest absolute Gasteiger partial charge is 0.253 e. The summed E-state index contributed by atoms with van der Waals surface area (Å²) in [7, 11) is 0. The van der Waals surface area contributed by atoms with Gasteiger partial charge in [-0.15, -0.1) is 0 Å². The number of carbonyl (C=O) groups excluding carboxylic acids is 2. The largest absolute Gasteiger partial charge is 0.353 e. The Morgan fingerprint density at radius 3 is 2.56 bits per heavy atom. The average molecular weight is 368 g/mol. The van der Waals surface area contributed by atoms with Crippen LogP contribution in [0.4, 0.5) is 0 Å². The average Bonchev–Trinajstić information content (AvgIpc) is 3.20. The second-order valence-corrected chi connectivity index (χ2v) is 7.40. The Morgan fingerprint density at radius 2 is 1.93 bits per heavy atom. The predicted octanol–water partition coefficient (Wildman–Crippen LogP) is 2.64. The molecule has 1 N–H and O–H groups in total. The molecule has 27 heavy (non-hydrogen) atoms. The van der Waals surface area contributed by atoms with E-state index in [1.165, 1.54) is 0 Å². The van der Waals surface area contributed by atoms with Gasteiger partial charge in [0.1, 0.15) is 0 Å². The number of carbonyl (C=O) groups is 2.